The molecule has 46 heavy (non-hydrogen) atoms. The number of nitrogens with zero attached hydrogens (tertiary/aromatic N) is 2. The molecule has 3 aromatic heterocycles. The monoisotopic (exact) mass is 612 g/mol. The lowest BCUT2D eigenvalue weighted by Gasteiger charge is -2.42. The zero-order valence-electron chi connectivity index (χ0n) is 25.0. The van der Waals surface area contributed by atoms with Crippen LogP contribution in [0, 0.1) is 0 Å². The van der Waals surface area contributed by atoms with Gasteiger partial charge in [0.15, 0.2) is 5.79 Å². The maximum absolute atomic E-state index is 6.52. The number of amidine groups is 1. The molecule has 0 fully saturated rings. The van der Waals surface area contributed by atoms with Gasteiger partial charge in [-0.05, 0) is 48.9 Å². The summed E-state index contributed by atoms with van der Waals surface area (Å²) in [6.07, 6.45) is -0.242. The third kappa shape index (κ3) is 3.68. The lowest BCUT2D eigenvalue weighted by Crippen LogP contribution is -2.61. The molecule has 0 bridgehead atoms. The molecule has 9 aromatic rings. The number of nitrogens with one attached hydrogen (secondary N) is 2. The van der Waals surface area contributed by atoms with Crippen LogP contribution in [-0.2, 0) is 5.79 Å². The van der Waals surface area contributed by atoms with Crippen LogP contribution in [0.15, 0.2) is 143 Å². The molecule has 1 aliphatic rings. The van der Waals surface area contributed by atoms with Gasteiger partial charge < -0.3 is 14.3 Å². The van der Waals surface area contributed by atoms with Crippen molar-refractivity contribution in [2.45, 2.75) is 18.9 Å². The third-order valence-corrected chi connectivity index (χ3v) is 10.5. The van der Waals surface area contributed by atoms with E-state index in [-0.39, 0.29) is 6.17 Å². The summed E-state index contributed by atoms with van der Waals surface area (Å²) >= 11 is 1.82. The van der Waals surface area contributed by atoms with E-state index in [0.717, 1.165) is 49.9 Å². The largest absolute Gasteiger partial charge is 0.455 e. The highest BCUT2D eigenvalue weighted by Crippen LogP contribution is 2.45. The number of thiophene rings is 1. The highest BCUT2D eigenvalue weighted by atomic mass is 32.1. The molecule has 0 aliphatic carbocycles. The van der Waals surface area contributed by atoms with Crippen molar-refractivity contribution in [2.75, 3.05) is 0 Å². The van der Waals surface area contributed by atoms with Crippen molar-refractivity contribution in [3.8, 4) is 0 Å². The molecular weight excluding hydrogens is 585 g/mol. The van der Waals surface area contributed by atoms with Gasteiger partial charge in [-0.25, -0.2) is 4.99 Å². The fraction of sp³-hybridized carbons (Fsp3) is 0.0750. The van der Waals surface area contributed by atoms with Gasteiger partial charge in [0.2, 0.25) is 0 Å². The number of fused-ring (bicyclic) bond motifs is 10. The first-order valence-electron chi connectivity index (χ1n) is 15.6. The van der Waals surface area contributed by atoms with E-state index < -0.39 is 5.79 Å². The Bertz CT molecular complexity index is 2670. The van der Waals surface area contributed by atoms with E-state index >= 15 is 0 Å². The van der Waals surface area contributed by atoms with E-state index in [1.54, 1.807) is 0 Å². The zero-order chi connectivity index (χ0) is 30.4. The summed E-state index contributed by atoms with van der Waals surface area (Å²) in [5.74, 6) is 0.155. The van der Waals surface area contributed by atoms with Gasteiger partial charge in [0.1, 0.15) is 23.2 Å². The number of benzene rings is 6. The zero-order valence-corrected chi connectivity index (χ0v) is 25.8. The molecule has 0 saturated carbocycles. The smallest absolute Gasteiger partial charge is 0.171 e. The van der Waals surface area contributed by atoms with Crippen LogP contribution < -0.4 is 10.6 Å². The van der Waals surface area contributed by atoms with Crippen molar-refractivity contribution in [2.24, 2.45) is 4.99 Å². The van der Waals surface area contributed by atoms with Gasteiger partial charge in [0.05, 0.1) is 11.0 Å². The van der Waals surface area contributed by atoms with Gasteiger partial charge in [0, 0.05) is 47.3 Å². The number of furan rings is 1. The molecule has 0 radical (unpaired) electrons. The summed E-state index contributed by atoms with van der Waals surface area (Å²) in [6.45, 7) is 2.22. The molecule has 0 spiro atoms. The SMILES string of the molecule is CC1(n2c3ccccc3c3cc4c(cc32)sc2ccc3c5ccccc5oc3c24)NC(c2ccccc2)=NC(c2ccccc2)N1. The predicted octanol–water partition coefficient (Wildman–Crippen LogP) is 10.0. The second-order valence-corrected chi connectivity index (χ2v) is 13.3. The minimum absolute atomic E-state index is 0.242. The van der Waals surface area contributed by atoms with Gasteiger partial charge in [-0.1, -0.05) is 97.1 Å². The topological polar surface area (TPSA) is 54.5 Å². The number of para-hydroxylation sites is 2. The van der Waals surface area contributed by atoms with E-state index in [2.05, 4.69) is 137 Å². The molecular formula is C40H28N4OS. The fourth-order valence-electron chi connectivity index (χ4n) is 7.37. The standard InChI is InChI=1S/C40H28N4OS/c1-40(42-38(24-12-4-2-5-13-24)41-39(43-40)25-14-6-3-7-15-25)44-31-18-10-8-16-26(31)29-22-30-35(23-32(29)44)46-34-21-20-28-27-17-9-11-19-33(27)45-37(28)36(30)34/h2-23,38,42H,1H3,(H,41,43). The number of aromatic nitrogens is 1. The minimum Gasteiger partial charge on any atom is -0.455 e. The summed E-state index contributed by atoms with van der Waals surface area (Å²) < 4.78 is 11.4. The van der Waals surface area contributed by atoms with Crippen LogP contribution in [-0.4, -0.2) is 10.4 Å². The normalized spacial score (nSPS) is 18.6. The van der Waals surface area contributed by atoms with Crippen LogP contribution in [0.4, 0.5) is 0 Å². The van der Waals surface area contributed by atoms with Gasteiger partial charge in [0.25, 0.3) is 0 Å². The molecule has 220 valence electrons. The highest BCUT2D eigenvalue weighted by Gasteiger charge is 2.37. The Morgan fingerprint density at radius 1 is 0.674 bits per heavy atom. The number of hydrogen-bond acceptors (Lipinski definition) is 5. The Morgan fingerprint density at radius 2 is 1.41 bits per heavy atom. The first-order chi connectivity index (χ1) is 22.6. The maximum Gasteiger partial charge on any atom is 0.171 e. The molecule has 0 saturated heterocycles. The van der Waals surface area contributed by atoms with E-state index in [4.69, 9.17) is 9.41 Å². The quantitative estimate of drug-likeness (QED) is 0.209. The Hall–Kier alpha value is -5.43. The first kappa shape index (κ1) is 25.9. The molecule has 10 rings (SSSR count). The van der Waals surface area contributed by atoms with E-state index in [1.165, 1.54) is 30.9 Å². The molecule has 0 amide bonds. The molecule has 2 atom stereocenters. The van der Waals surface area contributed by atoms with Crippen molar-refractivity contribution >= 4 is 81.1 Å². The second kappa shape index (κ2) is 9.54. The lowest BCUT2D eigenvalue weighted by molar-refractivity contribution is 0.190. The van der Waals surface area contributed by atoms with E-state index in [9.17, 15) is 0 Å². The summed E-state index contributed by atoms with van der Waals surface area (Å²) in [5, 5.41) is 14.9. The molecule has 4 heterocycles. The Labute approximate surface area is 268 Å². The average molecular weight is 613 g/mol. The van der Waals surface area contributed by atoms with Gasteiger partial charge in [-0.15, -0.1) is 11.3 Å². The van der Waals surface area contributed by atoms with Crippen LogP contribution in [0.25, 0.3) is 63.9 Å². The van der Waals surface area contributed by atoms with Crippen molar-refractivity contribution in [1.29, 1.82) is 0 Å². The van der Waals surface area contributed by atoms with Crippen LogP contribution in [0.1, 0.15) is 24.2 Å². The van der Waals surface area contributed by atoms with Crippen molar-refractivity contribution in [3.63, 3.8) is 0 Å². The van der Waals surface area contributed by atoms with Crippen molar-refractivity contribution < 1.29 is 4.42 Å². The molecule has 6 aromatic carbocycles. The molecule has 2 unspecified atom stereocenters. The number of rotatable bonds is 3. The van der Waals surface area contributed by atoms with Crippen LogP contribution >= 0.6 is 11.3 Å². The third-order valence-electron chi connectivity index (χ3n) is 9.42. The molecule has 6 heteroatoms. The van der Waals surface area contributed by atoms with E-state index in [0.29, 0.717) is 0 Å². The summed E-state index contributed by atoms with van der Waals surface area (Å²) in [5.41, 5.74) is 6.37. The highest BCUT2D eigenvalue weighted by molar-refractivity contribution is 7.26. The van der Waals surface area contributed by atoms with Gasteiger partial charge in [-0.3, -0.25) is 5.32 Å². The van der Waals surface area contributed by atoms with Crippen LogP contribution in [0.2, 0.25) is 0 Å². The maximum atomic E-state index is 6.52. The van der Waals surface area contributed by atoms with Crippen molar-refractivity contribution in [3.05, 3.63) is 145 Å². The molecule has 2 N–H and O–H groups in total. The Morgan fingerprint density at radius 3 is 2.26 bits per heavy atom. The lowest BCUT2D eigenvalue weighted by atomic mass is 10.1. The number of aliphatic imine (C=N–C) groups is 1. The molecule has 1 aliphatic heterocycles. The summed E-state index contributed by atoms with van der Waals surface area (Å²) in [4.78, 5) is 5.19. The number of hydrogen-bond donors (Lipinski definition) is 2. The van der Waals surface area contributed by atoms with Gasteiger partial charge in [-0.2, -0.15) is 0 Å². The average Bonchev–Trinajstić information content (AvgIpc) is 3.77. The predicted molar refractivity (Wildman–Crippen MR) is 192 cm³/mol. The Balaban J connectivity index is 1.24. The minimum atomic E-state index is -0.703. The fourth-order valence-corrected chi connectivity index (χ4v) is 8.49. The Kier molecular flexibility index (Phi) is 5.36. The first-order valence-corrected chi connectivity index (χ1v) is 16.4. The summed E-state index contributed by atoms with van der Waals surface area (Å²) in [7, 11) is 0. The van der Waals surface area contributed by atoms with Crippen molar-refractivity contribution in [1.82, 2.24) is 15.2 Å². The summed E-state index contributed by atoms with van der Waals surface area (Å²) in [6, 6.07) is 47.1. The van der Waals surface area contributed by atoms with Crippen LogP contribution in [0.5, 0.6) is 0 Å². The van der Waals surface area contributed by atoms with E-state index in [1.807, 2.05) is 29.5 Å². The van der Waals surface area contributed by atoms with Crippen LogP contribution in [0.3, 0.4) is 0 Å². The van der Waals surface area contributed by atoms with Gasteiger partial charge >= 0.3 is 0 Å². The molecule has 5 nitrogen and oxygen atoms in total. The second-order valence-electron chi connectivity index (χ2n) is 12.2.